The summed E-state index contributed by atoms with van der Waals surface area (Å²) in [6.07, 6.45) is -1.40. The first-order valence-corrected chi connectivity index (χ1v) is 8.73. The van der Waals surface area contributed by atoms with Gasteiger partial charge in [0.2, 0.25) is 0 Å². The lowest BCUT2D eigenvalue weighted by Gasteiger charge is -2.10. The average Bonchev–Trinajstić information content (AvgIpc) is 3.31. The Hall–Kier alpha value is -2.62. The predicted octanol–water partition coefficient (Wildman–Crippen LogP) is 4.11. The molecule has 0 saturated heterocycles. The Kier molecular flexibility index (Phi) is 3.87. The minimum atomic E-state index is -4.50. The Bertz CT molecular complexity index is 950. The Morgan fingerprint density at radius 2 is 2.15 bits per heavy atom. The minimum Gasteiger partial charge on any atom is -0.320 e. The SMILES string of the molecule is Cc1[nH]sc1C(=O)Nc1ccc(-n2nc(C(F)(F)F)cc2C2CC2)nc1. The number of carbonyl (C=O) groups excluding carboxylic acids is 1. The molecule has 3 aromatic rings. The molecule has 1 aliphatic rings. The van der Waals surface area contributed by atoms with E-state index >= 15 is 0 Å². The van der Waals surface area contributed by atoms with E-state index in [-0.39, 0.29) is 17.6 Å². The number of carbonyl (C=O) groups is 1. The maximum atomic E-state index is 13.0. The molecule has 0 aliphatic heterocycles. The van der Waals surface area contributed by atoms with Crippen LogP contribution in [0.15, 0.2) is 24.4 Å². The number of halogens is 3. The number of hydrogen-bond acceptors (Lipinski definition) is 4. The van der Waals surface area contributed by atoms with E-state index in [0.717, 1.165) is 24.6 Å². The van der Waals surface area contributed by atoms with Crippen LogP contribution in [0.5, 0.6) is 0 Å². The van der Waals surface area contributed by atoms with Crippen molar-refractivity contribution < 1.29 is 18.0 Å². The van der Waals surface area contributed by atoms with E-state index in [0.29, 0.717) is 16.3 Å². The molecule has 0 atom stereocenters. The van der Waals surface area contributed by atoms with Crippen LogP contribution in [0, 0.1) is 6.92 Å². The number of hydrogen-bond donors (Lipinski definition) is 2. The first kappa shape index (κ1) is 16.8. The molecule has 1 amide bonds. The van der Waals surface area contributed by atoms with E-state index in [1.165, 1.54) is 22.4 Å². The van der Waals surface area contributed by atoms with Crippen molar-refractivity contribution in [2.75, 3.05) is 5.32 Å². The van der Waals surface area contributed by atoms with Crippen molar-refractivity contribution >= 4 is 23.1 Å². The van der Waals surface area contributed by atoms with Crippen molar-refractivity contribution in [1.82, 2.24) is 19.1 Å². The van der Waals surface area contributed by atoms with Gasteiger partial charge in [-0.25, -0.2) is 9.67 Å². The minimum absolute atomic E-state index is 0.0813. The molecule has 2 N–H and O–H groups in total. The average molecular weight is 381 g/mol. The number of aromatic nitrogens is 4. The third-order valence-electron chi connectivity index (χ3n) is 4.10. The predicted molar refractivity (Wildman–Crippen MR) is 89.7 cm³/mol. The van der Waals surface area contributed by atoms with Crippen molar-refractivity contribution in [2.24, 2.45) is 0 Å². The summed E-state index contributed by atoms with van der Waals surface area (Å²) in [6.45, 7) is 1.79. The summed E-state index contributed by atoms with van der Waals surface area (Å²) in [6, 6.07) is 4.23. The zero-order chi connectivity index (χ0) is 18.5. The summed E-state index contributed by atoms with van der Waals surface area (Å²) in [7, 11) is 0. The zero-order valence-electron chi connectivity index (χ0n) is 13.6. The van der Waals surface area contributed by atoms with Gasteiger partial charge in [-0.2, -0.15) is 18.3 Å². The maximum Gasteiger partial charge on any atom is 0.435 e. The highest BCUT2D eigenvalue weighted by Crippen LogP contribution is 2.42. The molecule has 3 heterocycles. The lowest BCUT2D eigenvalue weighted by Crippen LogP contribution is -2.15. The number of rotatable bonds is 4. The summed E-state index contributed by atoms with van der Waals surface area (Å²) in [5.41, 5.74) is 0.847. The van der Waals surface area contributed by atoms with Gasteiger partial charge in [0.05, 0.1) is 11.9 Å². The van der Waals surface area contributed by atoms with Crippen LogP contribution in [0.4, 0.5) is 18.9 Å². The molecule has 3 aromatic heterocycles. The van der Waals surface area contributed by atoms with Gasteiger partial charge >= 0.3 is 6.18 Å². The molecule has 4 rings (SSSR count). The standard InChI is InChI=1S/C16H14F3N5OS/c1-8-14(26-23-8)15(25)21-10-4-5-13(20-7-10)24-11(9-2-3-9)6-12(22-24)16(17,18)19/h4-7,9,23H,2-3H2,1H3,(H,21,25). The van der Waals surface area contributed by atoms with Gasteiger partial charge in [-0.15, -0.1) is 0 Å². The van der Waals surface area contributed by atoms with Gasteiger partial charge in [0.15, 0.2) is 11.5 Å². The molecule has 0 aromatic carbocycles. The van der Waals surface area contributed by atoms with E-state index in [1.807, 2.05) is 0 Å². The Morgan fingerprint density at radius 3 is 2.65 bits per heavy atom. The van der Waals surface area contributed by atoms with Crippen molar-refractivity contribution in [1.29, 1.82) is 0 Å². The molecule has 0 radical (unpaired) electrons. The Balaban J connectivity index is 1.58. The van der Waals surface area contributed by atoms with Crippen LogP contribution >= 0.6 is 11.5 Å². The monoisotopic (exact) mass is 381 g/mol. The van der Waals surface area contributed by atoms with E-state index in [9.17, 15) is 18.0 Å². The summed E-state index contributed by atoms with van der Waals surface area (Å²) in [5.74, 6) is 0.117. The van der Waals surface area contributed by atoms with Crippen molar-refractivity contribution in [3.8, 4) is 5.82 Å². The van der Waals surface area contributed by atoms with Crippen LogP contribution in [-0.4, -0.2) is 25.0 Å². The lowest BCUT2D eigenvalue weighted by atomic mass is 10.2. The number of anilines is 1. The normalized spacial score (nSPS) is 14.6. The topological polar surface area (TPSA) is 75.6 Å². The van der Waals surface area contributed by atoms with Gasteiger partial charge in [-0.1, -0.05) is 11.5 Å². The molecular weight excluding hydrogens is 367 g/mol. The fourth-order valence-electron chi connectivity index (χ4n) is 2.58. The molecule has 6 nitrogen and oxygen atoms in total. The number of nitrogens with zero attached hydrogens (tertiary/aromatic N) is 3. The van der Waals surface area contributed by atoms with Crippen molar-refractivity contribution in [2.45, 2.75) is 31.9 Å². The molecule has 0 unspecified atom stereocenters. The summed E-state index contributed by atoms with van der Waals surface area (Å²) in [4.78, 5) is 16.8. The second-order valence-corrected chi connectivity index (χ2v) is 6.97. The molecule has 10 heteroatoms. The molecule has 0 spiro atoms. The van der Waals surface area contributed by atoms with Crippen LogP contribution in [-0.2, 0) is 6.18 Å². The molecule has 1 aliphatic carbocycles. The highest BCUT2D eigenvalue weighted by molar-refractivity contribution is 7.09. The molecule has 0 bridgehead atoms. The second kappa shape index (κ2) is 5.97. The van der Waals surface area contributed by atoms with Crippen LogP contribution in [0.3, 0.4) is 0 Å². The fraction of sp³-hybridized carbons (Fsp3) is 0.312. The zero-order valence-corrected chi connectivity index (χ0v) is 14.4. The third kappa shape index (κ3) is 3.12. The van der Waals surface area contributed by atoms with E-state index in [2.05, 4.69) is 19.8 Å². The second-order valence-electron chi connectivity index (χ2n) is 6.16. The molecule has 1 fully saturated rings. The number of aryl methyl sites for hydroxylation is 1. The Morgan fingerprint density at radius 1 is 1.38 bits per heavy atom. The van der Waals surface area contributed by atoms with Gasteiger partial charge in [0.25, 0.3) is 5.91 Å². The highest BCUT2D eigenvalue weighted by atomic mass is 32.1. The quantitative estimate of drug-likeness (QED) is 0.714. The van der Waals surface area contributed by atoms with E-state index in [1.54, 1.807) is 19.1 Å². The summed E-state index contributed by atoms with van der Waals surface area (Å²) < 4.78 is 43.1. The van der Waals surface area contributed by atoms with E-state index in [4.69, 9.17) is 0 Å². The Labute approximate surface area is 150 Å². The van der Waals surface area contributed by atoms with Crippen molar-refractivity contribution in [3.63, 3.8) is 0 Å². The van der Waals surface area contributed by atoms with Crippen LogP contribution in [0.25, 0.3) is 5.82 Å². The lowest BCUT2D eigenvalue weighted by molar-refractivity contribution is -0.141. The van der Waals surface area contributed by atoms with Crippen molar-refractivity contribution in [3.05, 3.63) is 46.4 Å². The van der Waals surface area contributed by atoms with Gasteiger partial charge in [0.1, 0.15) is 4.88 Å². The number of amides is 1. The smallest absolute Gasteiger partial charge is 0.320 e. The number of aromatic amines is 1. The molecular formula is C16H14F3N5OS. The van der Waals surface area contributed by atoms with Crippen LogP contribution in [0.2, 0.25) is 0 Å². The number of nitrogens with one attached hydrogen (secondary N) is 2. The summed E-state index contributed by atoms with van der Waals surface area (Å²) >= 11 is 1.23. The van der Waals surface area contributed by atoms with Gasteiger partial charge in [0, 0.05) is 17.3 Å². The molecule has 136 valence electrons. The van der Waals surface area contributed by atoms with Gasteiger partial charge in [-0.3, -0.25) is 4.79 Å². The van der Waals surface area contributed by atoms with Gasteiger partial charge in [-0.05, 0) is 38.0 Å². The molecule has 1 saturated carbocycles. The molecule has 26 heavy (non-hydrogen) atoms. The van der Waals surface area contributed by atoms with Gasteiger partial charge < -0.3 is 9.69 Å². The fourth-order valence-corrected chi connectivity index (χ4v) is 3.13. The number of pyridine rings is 1. The third-order valence-corrected chi connectivity index (χ3v) is 5.20. The van der Waals surface area contributed by atoms with Crippen LogP contribution in [0.1, 0.15) is 45.5 Å². The largest absolute Gasteiger partial charge is 0.435 e. The first-order valence-electron chi connectivity index (χ1n) is 7.91. The van der Waals surface area contributed by atoms with E-state index < -0.39 is 11.9 Å². The highest BCUT2D eigenvalue weighted by Gasteiger charge is 2.38. The number of H-pyrrole nitrogens is 1. The van der Waals surface area contributed by atoms with Crippen LogP contribution < -0.4 is 5.32 Å². The number of alkyl halides is 3. The summed E-state index contributed by atoms with van der Waals surface area (Å²) in [5, 5.41) is 6.39. The maximum absolute atomic E-state index is 13.0. The first-order chi connectivity index (χ1) is 12.3.